The number of hydrogen-bond donors (Lipinski definition) is 0. The van der Waals surface area contributed by atoms with Crippen molar-refractivity contribution < 1.29 is 0 Å². The van der Waals surface area contributed by atoms with E-state index in [1.54, 1.807) is 0 Å². The molecular weight excluding hydrogens is 310 g/mol. The highest BCUT2D eigenvalue weighted by molar-refractivity contribution is 9.09. The van der Waals surface area contributed by atoms with Gasteiger partial charge in [-0.05, 0) is 35.7 Å². The number of hydrogen-bond acceptors (Lipinski definition) is 1. The van der Waals surface area contributed by atoms with Gasteiger partial charge in [-0.2, -0.15) is 0 Å². The maximum Gasteiger partial charge on any atom is 0.0243 e. The van der Waals surface area contributed by atoms with Crippen LogP contribution in [-0.4, -0.2) is 22.8 Å². The second kappa shape index (κ2) is 6.73. The molecule has 2 aromatic carbocycles. The molecule has 2 heteroatoms. The molecule has 1 nitrogen and oxygen atoms in total. The van der Waals surface area contributed by atoms with E-state index in [0.717, 1.165) is 11.9 Å². The van der Waals surface area contributed by atoms with E-state index >= 15 is 0 Å². The summed E-state index contributed by atoms with van der Waals surface area (Å²) in [6.07, 6.45) is 5.43. The second-order valence-corrected chi connectivity index (χ2v) is 6.41. The normalized spacial score (nSPS) is 20.9. The van der Waals surface area contributed by atoms with E-state index in [9.17, 15) is 0 Å². The van der Waals surface area contributed by atoms with Crippen LogP contribution >= 0.6 is 15.9 Å². The van der Waals surface area contributed by atoms with Crippen LogP contribution in [-0.2, 0) is 6.54 Å². The van der Waals surface area contributed by atoms with Crippen molar-refractivity contribution >= 4 is 26.7 Å². The third kappa shape index (κ3) is 3.07. The fourth-order valence-corrected chi connectivity index (χ4v) is 4.00. The lowest BCUT2D eigenvalue weighted by Crippen LogP contribution is -2.35. The van der Waals surface area contributed by atoms with Gasteiger partial charge in [0.2, 0.25) is 0 Å². The van der Waals surface area contributed by atoms with Crippen LogP contribution in [0.4, 0.5) is 0 Å². The van der Waals surface area contributed by atoms with Gasteiger partial charge in [0.1, 0.15) is 0 Å². The SMILES string of the molecule is BrCC1CCCCCN1Cc1cccc2ccccc12. The maximum absolute atomic E-state index is 3.71. The van der Waals surface area contributed by atoms with Crippen molar-refractivity contribution in [2.45, 2.75) is 38.3 Å². The summed E-state index contributed by atoms with van der Waals surface area (Å²) >= 11 is 3.71. The van der Waals surface area contributed by atoms with E-state index in [2.05, 4.69) is 63.3 Å². The quantitative estimate of drug-likeness (QED) is 0.717. The fourth-order valence-electron chi connectivity index (χ4n) is 3.27. The zero-order chi connectivity index (χ0) is 13.8. The average Bonchev–Trinajstić information content (AvgIpc) is 2.72. The molecule has 0 aliphatic carbocycles. The van der Waals surface area contributed by atoms with Crippen LogP contribution in [0.5, 0.6) is 0 Å². The Morgan fingerprint density at radius 1 is 1.00 bits per heavy atom. The van der Waals surface area contributed by atoms with Crippen LogP contribution in [0.25, 0.3) is 10.8 Å². The van der Waals surface area contributed by atoms with Crippen molar-refractivity contribution in [3.63, 3.8) is 0 Å². The highest BCUT2D eigenvalue weighted by Gasteiger charge is 2.20. The molecule has 3 rings (SSSR count). The Bertz CT molecular complexity index is 561. The summed E-state index contributed by atoms with van der Waals surface area (Å²) < 4.78 is 0. The topological polar surface area (TPSA) is 3.24 Å². The lowest BCUT2D eigenvalue weighted by atomic mass is 10.0. The van der Waals surface area contributed by atoms with Crippen molar-refractivity contribution in [3.05, 3.63) is 48.0 Å². The molecule has 1 heterocycles. The molecule has 1 aliphatic heterocycles. The maximum atomic E-state index is 3.71. The Hall–Kier alpha value is -0.860. The highest BCUT2D eigenvalue weighted by Crippen LogP contribution is 2.24. The first-order valence-corrected chi connectivity index (χ1v) is 8.77. The Morgan fingerprint density at radius 3 is 2.75 bits per heavy atom. The largest absolute Gasteiger partial charge is 0.295 e. The average molecular weight is 332 g/mol. The Labute approximate surface area is 130 Å². The van der Waals surface area contributed by atoms with Gasteiger partial charge in [0.05, 0.1) is 0 Å². The number of likely N-dealkylation sites (tertiary alicyclic amines) is 1. The minimum absolute atomic E-state index is 0.691. The summed E-state index contributed by atoms with van der Waals surface area (Å²) in [4.78, 5) is 2.67. The summed E-state index contributed by atoms with van der Waals surface area (Å²) in [5, 5.41) is 3.86. The number of rotatable bonds is 3. The number of fused-ring (bicyclic) bond motifs is 1. The van der Waals surface area contributed by atoms with Crippen LogP contribution in [0.2, 0.25) is 0 Å². The third-order valence-corrected chi connectivity index (χ3v) is 5.18. The van der Waals surface area contributed by atoms with Crippen LogP contribution < -0.4 is 0 Å². The van der Waals surface area contributed by atoms with Crippen LogP contribution in [0.15, 0.2) is 42.5 Å². The van der Waals surface area contributed by atoms with Crippen LogP contribution in [0.1, 0.15) is 31.2 Å². The number of halogens is 1. The van der Waals surface area contributed by atoms with E-state index in [1.165, 1.54) is 48.6 Å². The predicted molar refractivity (Wildman–Crippen MR) is 90.4 cm³/mol. The first-order chi connectivity index (χ1) is 9.88. The van der Waals surface area contributed by atoms with Crippen molar-refractivity contribution in [2.75, 3.05) is 11.9 Å². The molecule has 1 atom stereocenters. The molecule has 0 radical (unpaired) electrons. The van der Waals surface area contributed by atoms with Crippen molar-refractivity contribution in [1.29, 1.82) is 0 Å². The lowest BCUT2D eigenvalue weighted by molar-refractivity contribution is 0.210. The number of benzene rings is 2. The van der Waals surface area contributed by atoms with E-state index in [4.69, 9.17) is 0 Å². The first-order valence-electron chi connectivity index (χ1n) is 7.65. The molecular formula is C18H22BrN. The van der Waals surface area contributed by atoms with E-state index in [0.29, 0.717) is 6.04 Å². The Morgan fingerprint density at radius 2 is 1.85 bits per heavy atom. The van der Waals surface area contributed by atoms with Gasteiger partial charge in [-0.3, -0.25) is 4.90 Å². The van der Waals surface area contributed by atoms with Gasteiger partial charge < -0.3 is 0 Å². The van der Waals surface area contributed by atoms with Gasteiger partial charge in [-0.15, -0.1) is 0 Å². The van der Waals surface area contributed by atoms with E-state index < -0.39 is 0 Å². The monoisotopic (exact) mass is 331 g/mol. The van der Waals surface area contributed by atoms with Gasteiger partial charge in [0, 0.05) is 17.9 Å². The minimum atomic E-state index is 0.691. The molecule has 0 spiro atoms. The number of alkyl halides is 1. The molecule has 0 bridgehead atoms. The molecule has 0 N–H and O–H groups in total. The molecule has 2 aromatic rings. The summed E-state index contributed by atoms with van der Waals surface area (Å²) in [5.74, 6) is 0. The lowest BCUT2D eigenvalue weighted by Gasteiger charge is -2.29. The zero-order valence-electron chi connectivity index (χ0n) is 11.9. The molecule has 1 fully saturated rings. The zero-order valence-corrected chi connectivity index (χ0v) is 13.5. The smallest absolute Gasteiger partial charge is 0.0243 e. The second-order valence-electron chi connectivity index (χ2n) is 5.77. The third-order valence-electron chi connectivity index (χ3n) is 4.43. The van der Waals surface area contributed by atoms with E-state index in [-0.39, 0.29) is 0 Å². The first kappa shape index (κ1) is 14.1. The summed E-state index contributed by atoms with van der Waals surface area (Å²) in [6.45, 7) is 2.32. The highest BCUT2D eigenvalue weighted by atomic mass is 79.9. The van der Waals surface area contributed by atoms with E-state index in [1.807, 2.05) is 0 Å². The molecule has 0 amide bonds. The standard InChI is InChI=1S/C18H22BrN/c19-13-17-10-2-1-5-12-20(17)14-16-9-6-8-15-7-3-4-11-18(15)16/h3-4,6-9,11,17H,1-2,5,10,12-14H2. The molecule has 1 unspecified atom stereocenters. The van der Waals surface area contributed by atoms with Crippen molar-refractivity contribution in [3.8, 4) is 0 Å². The minimum Gasteiger partial charge on any atom is -0.295 e. The van der Waals surface area contributed by atoms with Gasteiger partial charge in [-0.1, -0.05) is 71.2 Å². The number of nitrogens with zero attached hydrogens (tertiary/aromatic N) is 1. The van der Waals surface area contributed by atoms with Crippen LogP contribution in [0.3, 0.4) is 0 Å². The Balaban J connectivity index is 1.87. The van der Waals surface area contributed by atoms with Gasteiger partial charge in [-0.25, -0.2) is 0 Å². The molecule has 0 saturated carbocycles. The van der Waals surface area contributed by atoms with Crippen molar-refractivity contribution in [2.24, 2.45) is 0 Å². The Kier molecular flexibility index (Phi) is 4.74. The van der Waals surface area contributed by atoms with Crippen LogP contribution in [0, 0.1) is 0 Å². The molecule has 0 aromatic heterocycles. The van der Waals surface area contributed by atoms with Gasteiger partial charge in [0.25, 0.3) is 0 Å². The summed E-state index contributed by atoms with van der Waals surface area (Å²) in [5.41, 5.74) is 1.47. The molecule has 1 saturated heterocycles. The summed E-state index contributed by atoms with van der Waals surface area (Å²) in [7, 11) is 0. The van der Waals surface area contributed by atoms with Crippen molar-refractivity contribution in [1.82, 2.24) is 4.90 Å². The fraction of sp³-hybridized carbons (Fsp3) is 0.444. The summed E-state index contributed by atoms with van der Waals surface area (Å²) in [6, 6.07) is 16.1. The molecule has 1 aliphatic rings. The molecule has 20 heavy (non-hydrogen) atoms. The van der Waals surface area contributed by atoms with Gasteiger partial charge in [0.15, 0.2) is 0 Å². The predicted octanol–water partition coefficient (Wildman–Crippen LogP) is 4.98. The molecule has 106 valence electrons. The van der Waals surface area contributed by atoms with Gasteiger partial charge >= 0.3 is 0 Å².